The van der Waals surface area contributed by atoms with Crippen LogP contribution in [-0.4, -0.2) is 36.7 Å². The van der Waals surface area contributed by atoms with Crippen LogP contribution in [0.25, 0.3) is 0 Å². The minimum absolute atomic E-state index is 0. The largest absolute Gasteiger partial charge is 0.489 e. The predicted molar refractivity (Wildman–Crippen MR) is 101 cm³/mol. The number of nitrogens with one attached hydrogen (secondary N) is 2. The van der Waals surface area contributed by atoms with Crippen LogP contribution < -0.4 is 15.4 Å². The molecule has 1 amide bonds. The second kappa shape index (κ2) is 10.9. The van der Waals surface area contributed by atoms with Gasteiger partial charge in [-0.3, -0.25) is 9.78 Å². The first-order valence-corrected chi connectivity index (χ1v) is 7.55. The van der Waals surface area contributed by atoms with Crippen LogP contribution in [0.3, 0.4) is 0 Å². The Morgan fingerprint density at radius 2 is 2.20 bits per heavy atom. The Kier molecular flexibility index (Phi) is 9.23. The molecule has 136 valence electrons. The molecule has 1 atom stereocenters. The number of rotatable bonds is 5. The Labute approximate surface area is 159 Å². The molecule has 2 aromatic rings. The van der Waals surface area contributed by atoms with Gasteiger partial charge in [0.05, 0.1) is 13.2 Å². The number of halogens is 2. The molecular formula is C17H21Cl2N3O3. The Morgan fingerprint density at radius 3 is 2.92 bits per heavy atom. The van der Waals surface area contributed by atoms with Crippen LogP contribution in [0.2, 0.25) is 0 Å². The Balaban J connectivity index is 0.00000156. The Morgan fingerprint density at radius 1 is 1.32 bits per heavy atom. The number of carbonyl (C=O) groups is 1. The van der Waals surface area contributed by atoms with E-state index in [1.807, 2.05) is 30.3 Å². The third-order valence-electron chi connectivity index (χ3n) is 3.47. The van der Waals surface area contributed by atoms with Gasteiger partial charge in [0.2, 0.25) is 5.91 Å². The maximum atomic E-state index is 12.2. The van der Waals surface area contributed by atoms with Gasteiger partial charge in [-0.2, -0.15) is 0 Å². The van der Waals surface area contributed by atoms with Crippen LogP contribution in [-0.2, 0) is 16.1 Å². The maximum absolute atomic E-state index is 12.2. The lowest BCUT2D eigenvalue weighted by atomic mass is 10.2. The van der Waals surface area contributed by atoms with E-state index in [9.17, 15) is 4.79 Å². The van der Waals surface area contributed by atoms with Crippen molar-refractivity contribution in [3.8, 4) is 5.75 Å². The summed E-state index contributed by atoms with van der Waals surface area (Å²) in [5, 5.41) is 6.00. The van der Waals surface area contributed by atoms with Crippen molar-refractivity contribution in [2.24, 2.45) is 0 Å². The summed E-state index contributed by atoms with van der Waals surface area (Å²) in [6.07, 6.45) is 3.49. The van der Waals surface area contributed by atoms with E-state index in [1.54, 1.807) is 18.5 Å². The summed E-state index contributed by atoms with van der Waals surface area (Å²) >= 11 is 0. The molecule has 1 aromatic heterocycles. The topological polar surface area (TPSA) is 72.5 Å². The second-order valence-corrected chi connectivity index (χ2v) is 5.25. The number of amides is 1. The predicted octanol–water partition coefficient (Wildman–Crippen LogP) is 2.43. The zero-order valence-corrected chi connectivity index (χ0v) is 15.1. The van der Waals surface area contributed by atoms with Gasteiger partial charge in [-0.1, -0.05) is 12.1 Å². The van der Waals surface area contributed by atoms with Crippen LogP contribution in [0, 0.1) is 0 Å². The number of pyridine rings is 1. The third-order valence-corrected chi connectivity index (χ3v) is 3.47. The summed E-state index contributed by atoms with van der Waals surface area (Å²) in [6.45, 7) is 2.15. The molecule has 0 spiro atoms. The van der Waals surface area contributed by atoms with Gasteiger partial charge >= 0.3 is 0 Å². The summed E-state index contributed by atoms with van der Waals surface area (Å²) in [6, 6.07) is 10.8. The summed E-state index contributed by atoms with van der Waals surface area (Å²) in [5.74, 6) is 0.591. The first-order chi connectivity index (χ1) is 11.3. The van der Waals surface area contributed by atoms with Crippen LogP contribution >= 0.6 is 24.8 Å². The van der Waals surface area contributed by atoms with Crippen molar-refractivity contribution in [3.63, 3.8) is 0 Å². The van der Waals surface area contributed by atoms with E-state index in [0.717, 1.165) is 5.56 Å². The van der Waals surface area contributed by atoms with Crippen molar-refractivity contribution in [1.29, 1.82) is 0 Å². The van der Waals surface area contributed by atoms with Gasteiger partial charge in [0.15, 0.2) is 0 Å². The van der Waals surface area contributed by atoms with Crippen molar-refractivity contribution in [3.05, 3.63) is 54.4 Å². The molecule has 2 heterocycles. The normalized spacial score (nSPS) is 16.1. The van der Waals surface area contributed by atoms with E-state index < -0.39 is 0 Å². The fourth-order valence-corrected chi connectivity index (χ4v) is 2.28. The lowest BCUT2D eigenvalue weighted by Crippen LogP contribution is -2.48. The van der Waals surface area contributed by atoms with Crippen molar-refractivity contribution in [2.45, 2.75) is 12.6 Å². The average Bonchev–Trinajstić information content (AvgIpc) is 2.62. The summed E-state index contributed by atoms with van der Waals surface area (Å²) in [7, 11) is 0. The van der Waals surface area contributed by atoms with Gasteiger partial charge in [-0.15, -0.1) is 24.8 Å². The summed E-state index contributed by atoms with van der Waals surface area (Å²) in [5.41, 5.74) is 1.69. The van der Waals surface area contributed by atoms with E-state index in [2.05, 4.69) is 15.6 Å². The monoisotopic (exact) mass is 385 g/mol. The molecule has 0 aliphatic carbocycles. The molecule has 1 aromatic carbocycles. The third kappa shape index (κ3) is 6.51. The van der Waals surface area contributed by atoms with Gasteiger partial charge in [0, 0.05) is 36.3 Å². The van der Waals surface area contributed by atoms with Crippen LogP contribution in [0.15, 0.2) is 48.8 Å². The van der Waals surface area contributed by atoms with Crippen LogP contribution in [0.1, 0.15) is 5.56 Å². The highest BCUT2D eigenvalue weighted by Crippen LogP contribution is 2.18. The highest BCUT2D eigenvalue weighted by atomic mass is 35.5. The van der Waals surface area contributed by atoms with Crippen molar-refractivity contribution in [2.75, 3.05) is 25.1 Å². The van der Waals surface area contributed by atoms with E-state index in [4.69, 9.17) is 9.47 Å². The number of hydrogen-bond acceptors (Lipinski definition) is 5. The summed E-state index contributed by atoms with van der Waals surface area (Å²) < 4.78 is 11.0. The molecular weight excluding hydrogens is 365 g/mol. The number of ether oxygens (including phenoxy) is 2. The van der Waals surface area contributed by atoms with E-state index in [1.165, 1.54) is 0 Å². The second-order valence-electron chi connectivity index (χ2n) is 5.25. The Bertz CT molecular complexity index is 653. The Hall–Kier alpha value is -1.86. The first kappa shape index (κ1) is 21.2. The number of morpholine rings is 1. The van der Waals surface area contributed by atoms with E-state index in [-0.39, 0.29) is 36.8 Å². The number of hydrogen-bond donors (Lipinski definition) is 2. The van der Waals surface area contributed by atoms with Gasteiger partial charge in [-0.25, -0.2) is 0 Å². The molecule has 0 radical (unpaired) electrons. The van der Waals surface area contributed by atoms with Crippen LogP contribution in [0.4, 0.5) is 5.69 Å². The zero-order chi connectivity index (χ0) is 15.9. The van der Waals surface area contributed by atoms with Gasteiger partial charge in [-0.05, 0) is 18.2 Å². The molecule has 1 unspecified atom stereocenters. The minimum Gasteiger partial charge on any atom is -0.489 e. The standard InChI is InChI=1S/C17H19N3O3.2ClH/c21-17(16-12-22-8-7-19-16)20-14-4-1-5-15(9-14)23-11-13-3-2-6-18-10-13;;/h1-6,9-10,16,19H,7-8,11-12H2,(H,20,21);2*1H. The fraction of sp³-hybridized carbons (Fsp3) is 0.294. The molecule has 8 heteroatoms. The van der Waals surface area contributed by atoms with Gasteiger partial charge < -0.3 is 20.1 Å². The maximum Gasteiger partial charge on any atom is 0.243 e. The molecule has 0 saturated carbocycles. The number of aromatic nitrogens is 1. The van der Waals surface area contributed by atoms with E-state index >= 15 is 0 Å². The highest BCUT2D eigenvalue weighted by molar-refractivity contribution is 5.95. The van der Waals surface area contributed by atoms with Crippen molar-refractivity contribution >= 4 is 36.4 Å². The SMILES string of the molecule is Cl.Cl.O=C(Nc1cccc(OCc2cccnc2)c1)C1COCCN1. The van der Waals surface area contributed by atoms with E-state index in [0.29, 0.717) is 37.8 Å². The molecule has 1 saturated heterocycles. The fourth-order valence-electron chi connectivity index (χ4n) is 2.28. The van der Waals surface area contributed by atoms with Crippen LogP contribution in [0.5, 0.6) is 5.75 Å². The zero-order valence-electron chi connectivity index (χ0n) is 13.5. The van der Waals surface area contributed by atoms with Gasteiger partial charge in [0.25, 0.3) is 0 Å². The lowest BCUT2D eigenvalue weighted by molar-refractivity contribution is -0.120. The lowest BCUT2D eigenvalue weighted by Gasteiger charge is -2.23. The molecule has 0 bridgehead atoms. The number of anilines is 1. The van der Waals surface area contributed by atoms with Crippen molar-refractivity contribution in [1.82, 2.24) is 10.3 Å². The minimum atomic E-state index is -0.316. The molecule has 6 nitrogen and oxygen atoms in total. The molecule has 1 fully saturated rings. The molecule has 25 heavy (non-hydrogen) atoms. The number of benzene rings is 1. The smallest absolute Gasteiger partial charge is 0.243 e. The summed E-state index contributed by atoms with van der Waals surface area (Å²) in [4.78, 5) is 16.2. The molecule has 1 aliphatic heterocycles. The molecule has 2 N–H and O–H groups in total. The number of carbonyl (C=O) groups excluding carboxylic acids is 1. The average molecular weight is 386 g/mol. The first-order valence-electron chi connectivity index (χ1n) is 7.55. The molecule has 1 aliphatic rings. The molecule has 3 rings (SSSR count). The highest BCUT2D eigenvalue weighted by Gasteiger charge is 2.21. The van der Waals surface area contributed by atoms with Gasteiger partial charge in [0.1, 0.15) is 18.4 Å². The quantitative estimate of drug-likeness (QED) is 0.826. The number of nitrogens with zero attached hydrogens (tertiary/aromatic N) is 1. The van der Waals surface area contributed by atoms with Crippen molar-refractivity contribution < 1.29 is 14.3 Å².